The van der Waals surface area contributed by atoms with Crippen LogP contribution in [0, 0.1) is 10.1 Å². The molecule has 2 aromatic rings. The van der Waals surface area contributed by atoms with E-state index in [0.29, 0.717) is 10.6 Å². The second kappa shape index (κ2) is 8.68. The average molecular weight is 426 g/mol. The zero-order valence-corrected chi connectivity index (χ0v) is 17.1. The monoisotopic (exact) mass is 425 g/mol. The topological polar surface area (TPSA) is 101 Å². The van der Waals surface area contributed by atoms with Crippen LogP contribution in [0.4, 0.5) is 5.69 Å². The zero-order valence-electron chi connectivity index (χ0n) is 15.6. The van der Waals surface area contributed by atoms with Crippen LogP contribution in [0.2, 0.25) is 5.02 Å². The van der Waals surface area contributed by atoms with Crippen molar-refractivity contribution in [3.8, 4) is 0 Å². The molecule has 0 aromatic heterocycles. The van der Waals surface area contributed by atoms with E-state index in [1.54, 1.807) is 19.1 Å². The number of hydrogen-bond donors (Lipinski definition) is 0. The van der Waals surface area contributed by atoms with Gasteiger partial charge in [-0.1, -0.05) is 23.7 Å². The predicted octanol–water partition coefficient (Wildman–Crippen LogP) is 3.09. The molecule has 0 N–H and O–H groups in total. The van der Waals surface area contributed by atoms with Crippen molar-refractivity contribution < 1.29 is 18.1 Å². The number of hydrogen-bond acceptors (Lipinski definition) is 5. The highest BCUT2D eigenvalue weighted by molar-refractivity contribution is 7.89. The molecule has 1 amide bonds. The minimum Gasteiger partial charge on any atom is -0.338 e. The fraction of sp³-hybridized carbons (Fsp3) is 0.278. The second-order valence-corrected chi connectivity index (χ2v) is 8.73. The van der Waals surface area contributed by atoms with Crippen molar-refractivity contribution in [2.75, 3.05) is 20.6 Å². The molecule has 2 rings (SSSR count). The van der Waals surface area contributed by atoms with Gasteiger partial charge in [0.15, 0.2) is 0 Å². The molecule has 0 heterocycles. The number of halogens is 1. The molecule has 1 atom stereocenters. The summed E-state index contributed by atoms with van der Waals surface area (Å²) in [4.78, 5) is 24.4. The average Bonchev–Trinajstić information content (AvgIpc) is 2.67. The lowest BCUT2D eigenvalue weighted by atomic mass is 10.1. The molecule has 2 aromatic carbocycles. The van der Waals surface area contributed by atoms with Gasteiger partial charge in [-0.15, -0.1) is 0 Å². The second-order valence-electron chi connectivity index (χ2n) is 6.25. The van der Waals surface area contributed by atoms with E-state index >= 15 is 0 Å². The van der Waals surface area contributed by atoms with Crippen molar-refractivity contribution in [2.45, 2.75) is 17.9 Å². The van der Waals surface area contributed by atoms with Crippen molar-refractivity contribution >= 4 is 33.2 Å². The van der Waals surface area contributed by atoms with E-state index in [4.69, 9.17) is 11.6 Å². The first kappa shape index (κ1) is 21.8. The van der Waals surface area contributed by atoms with E-state index in [2.05, 4.69) is 0 Å². The third-order valence-electron chi connectivity index (χ3n) is 4.42. The zero-order chi connectivity index (χ0) is 21.1. The maximum Gasteiger partial charge on any atom is 0.269 e. The first-order valence-corrected chi connectivity index (χ1v) is 10.1. The number of nitro groups is 1. The number of likely N-dealkylation sites (N-methyl/N-ethyl adjacent to an activating group) is 2. The van der Waals surface area contributed by atoms with Gasteiger partial charge in [0.25, 0.3) is 5.69 Å². The minimum atomic E-state index is -3.85. The van der Waals surface area contributed by atoms with Gasteiger partial charge in [-0.3, -0.25) is 14.9 Å². The van der Waals surface area contributed by atoms with Crippen molar-refractivity contribution in [3.05, 3.63) is 69.2 Å². The summed E-state index contributed by atoms with van der Waals surface area (Å²) in [7, 11) is -1.02. The summed E-state index contributed by atoms with van der Waals surface area (Å²) in [5.74, 6) is -0.445. The fourth-order valence-electron chi connectivity index (χ4n) is 2.51. The highest BCUT2D eigenvalue weighted by Crippen LogP contribution is 2.24. The van der Waals surface area contributed by atoms with Crippen LogP contribution in [0.15, 0.2) is 53.4 Å². The van der Waals surface area contributed by atoms with Crippen molar-refractivity contribution in [1.82, 2.24) is 9.21 Å². The number of nitro benzene ring substituents is 1. The SMILES string of the molecule is CC(c1cccc([N+](=O)[O-])c1)N(C)C(=O)CN(C)S(=O)(=O)c1ccc(Cl)cc1. The van der Waals surface area contributed by atoms with Gasteiger partial charge in [0.1, 0.15) is 0 Å². The first-order chi connectivity index (χ1) is 13.0. The van der Waals surface area contributed by atoms with Crippen LogP contribution in [-0.2, 0) is 14.8 Å². The van der Waals surface area contributed by atoms with Crippen molar-refractivity contribution in [1.29, 1.82) is 0 Å². The molecule has 0 spiro atoms. The number of sulfonamides is 1. The van der Waals surface area contributed by atoms with Gasteiger partial charge in [0.2, 0.25) is 15.9 Å². The van der Waals surface area contributed by atoms with Gasteiger partial charge in [0, 0.05) is 31.3 Å². The number of amides is 1. The summed E-state index contributed by atoms with van der Waals surface area (Å²) in [5.41, 5.74) is 0.501. The first-order valence-electron chi connectivity index (χ1n) is 8.26. The van der Waals surface area contributed by atoms with Crippen LogP contribution in [0.3, 0.4) is 0 Å². The Hall–Kier alpha value is -2.49. The van der Waals surface area contributed by atoms with Gasteiger partial charge < -0.3 is 4.90 Å². The Kier molecular flexibility index (Phi) is 6.76. The Morgan fingerprint density at radius 3 is 2.36 bits per heavy atom. The molecule has 0 saturated carbocycles. The van der Waals surface area contributed by atoms with Gasteiger partial charge >= 0.3 is 0 Å². The predicted molar refractivity (Wildman–Crippen MR) is 106 cm³/mol. The maximum absolute atomic E-state index is 12.6. The smallest absolute Gasteiger partial charge is 0.269 e. The molecule has 10 heteroatoms. The third-order valence-corrected chi connectivity index (χ3v) is 6.49. The lowest BCUT2D eigenvalue weighted by molar-refractivity contribution is -0.384. The fourth-order valence-corrected chi connectivity index (χ4v) is 3.76. The summed E-state index contributed by atoms with van der Waals surface area (Å²) in [6.07, 6.45) is 0. The van der Waals surface area contributed by atoms with E-state index in [-0.39, 0.29) is 17.1 Å². The maximum atomic E-state index is 12.6. The molecule has 28 heavy (non-hydrogen) atoms. The molecule has 8 nitrogen and oxygen atoms in total. The molecule has 0 aliphatic rings. The number of benzene rings is 2. The Morgan fingerprint density at radius 1 is 1.18 bits per heavy atom. The molecule has 1 unspecified atom stereocenters. The van der Waals surface area contributed by atoms with Crippen LogP contribution < -0.4 is 0 Å². The highest BCUT2D eigenvalue weighted by atomic mass is 35.5. The minimum absolute atomic E-state index is 0.0292. The third kappa shape index (κ3) is 4.86. The van der Waals surface area contributed by atoms with E-state index in [0.717, 1.165) is 4.31 Å². The summed E-state index contributed by atoms with van der Waals surface area (Å²) >= 11 is 5.78. The standard InChI is InChI=1S/C18H20ClN3O5S/c1-13(14-5-4-6-16(11-14)22(24)25)21(3)18(23)12-20(2)28(26,27)17-9-7-15(19)8-10-17/h4-11,13H,12H2,1-3H3. The molecule has 0 aliphatic carbocycles. The lowest BCUT2D eigenvalue weighted by Crippen LogP contribution is -2.40. The largest absolute Gasteiger partial charge is 0.338 e. The number of rotatable bonds is 7. The lowest BCUT2D eigenvalue weighted by Gasteiger charge is -2.27. The van der Waals surface area contributed by atoms with E-state index in [9.17, 15) is 23.3 Å². The quantitative estimate of drug-likeness (QED) is 0.501. The van der Waals surface area contributed by atoms with Crippen LogP contribution in [0.25, 0.3) is 0 Å². The van der Waals surface area contributed by atoms with E-state index < -0.39 is 26.9 Å². The van der Waals surface area contributed by atoms with Crippen LogP contribution in [-0.4, -0.2) is 49.1 Å². The normalized spacial score (nSPS) is 12.6. The highest BCUT2D eigenvalue weighted by Gasteiger charge is 2.26. The van der Waals surface area contributed by atoms with Crippen molar-refractivity contribution in [3.63, 3.8) is 0 Å². The van der Waals surface area contributed by atoms with Crippen LogP contribution in [0.5, 0.6) is 0 Å². The molecule has 0 aliphatic heterocycles. The molecule has 0 saturated heterocycles. The number of carbonyl (C=O) groups excluding carboxylic acids is 1. The molecule has 0 bridgehead atoms. The molecule has 150 valence electrons. The van der Waals surface area contributed by atoms with Gasteiger partial charge in [-0.2, -0.15) is 4.31 Å². The Bertz CT molecular complexity index is 979. The molecular formula is C18H20ClN3O5S. The Labute approximate surface area is 168 Å². The Balaban J connectivity index is 2.13. The number of non-ortho nitro benzene ring substituents is 1. The van der Waals surface area contributed by atoms with Crippen LogP contribution >= 0.6 is 11.6 Å². The summed E-state index contributed by atoms with van der Waals surface area (Å²) in [6.45, 7) is 1.34. The summed E-state index contributed by atoms with van der Waals surface area (Å²) in [6, 6.07) is 11.2. The van der Waals surface area contributed by atoms with E-state index in [1.165, 1.54) is 55.4 Å². The van der Waals surface area contributed by atoms with Crippen LogP contribution in [0.1, 0.15) is 18.5 Å². The summed E-state index contributed by atoms with van der Waals surface area (Å²) < 4.78 is 26.1. The molecular weight excluding hydrogens is 406 g/mol. The van der Waals surface area contributed by atoms with Gasteiger partial charge in [0.05, 0.1) is 22.4 Å². The number of nitrogens with zero attached hydrogens (tertiary/aromatic N) is 3. The molecule has 0 fully saturated rings. The van der Waals surface area contributed by atoms with Gasteiger partial charge in [-0.05, 0) is 36.8 Å². The number of carbonyl (C=O) groups is 1. The van der Waals surface area contributed by atoms with Crippen molar-refractivity contribution in [2.24, 2.45) is 0 Å². The Morgan fingerprint density at radius 2 is 1.79 bits per heavy atom. The van der Waals surface area contributed by atoms with E-state index in [1.807, 2.05) is 0 Å². The van der Waals surface area contributed by atoms with Gasteiger partial charge in [-0.25, -0.2) is 8.42 Å². The summed E-state index contributed by atoms with van der Waals surface area (Å²) in [5, 5.41) is 11.3. The molecule has 0 radical (unpaired) electrons.